The minimum absolute atomic E-state index is 0. The van der Waals surface area contributed by atoms with Crippen molar-refractivity contribution in [1.82, 2.24) is 20.0 Å². The van der Waals surface area contributed by atoms with Crippen LogP contribution in [0.25, 0.3) is 0 Å². The molecule has 2 aromatic rings. The van der Waals surface area contributed by atoms with Crippen LogP contribution < -0.4 is 34.9 Å². The number of amides is 4. The maximum atomic E-state index is 12.2. The van der Waals surface area contributed by atoms with E-state index in [0.29, 0.717) is 38.6 Å². The van der Waals surface area contributed by atoms with Gasteiger partial charge in [0.05, 0.1) is 0 Å². The number of nitrogens with one attached hydrogen (secondary N) is 1. The fraction of sp³-hybridized carbons (Fsp3) is 0.500. The van der Waals surface area contributed by atoms with Gasteiger partial charge in [0, 0.05) is 38.6 Å². The molecule has 4 rings (SSSR count). The molecule has 2 aliphatic heterocycles. The zero-order valence-corrected chi connectivity index (χ0v) is 29.9. The average molecular weight is 641 g/mol. The topological polar surface area (TPSA) is 108 Å². The SMILES string of the molecule is CC(C)(C)OC(=O)N1CCN(Cc2ccccc2)C(=O)C1.CC(C)(C)OC(=O)N1CCNC(=O)C1.ClCc1ccccc1.[H-].[Na+]. The van der Waals surface area contributed by atoms with Crippen LogP contribution in [0.15, 0.2) is 60.7 Å². The Morgan fingerprint density at radius 3 is 1.66 bits per heavy atom. The second-order valence-corrected chi connectivity index (χ2v) is 12.3. The third-order valence-corrected chi connectivity index (χ3v) is 6.18. The van der Waals surface area contributed by atoms with E-state index in [1.165, 1.54) is 15.4 Å². The van der Waals surface area contributed by atoms with E-state index in [-0.39, 0.29) is 55.9 Å². The first-order chi connectivity index (χ1) is 20.2. The Morgan fingerprint density at radius 2 is 1.25 bits per heavy atom. The van der Waals surface area contributed by atoms with E-state index in [2.05, 4.69) is 5.32 Å². The zero-order valence-electron chi connectivity index (χ0n) is 28.1. The first kappa shape index (κ1) is 39.2. The third-order valence-electron chi connectivity index (χ3n) is 5.87. The Bertz CT molecular complexity index is 1200. The molecule has 2 aromatic carbocycles. The largest absolute Gasteiger partial charge is 1.00 e. The summed E-state index contributed by atoms with van der Waals surface area (Å²) >= 11 is 5.53. The molecule has 2 heterocycles. The Labute approximate surface area is 290 Å². The summed E-state index contributed by atoms with van der Waals surface area (Å²) in [6.45, 7) is 13.7. The van der Waals surface area contributed by atoms with Gasteiger partial charge < -0.3 is 21.1 Å². The summed E-state index contributed by atoms with van der Waals surface area (Å²) in [7, 11) is 0. The summed E-state index contributed by atoms with van der Waals surface area (Å²) in [5, 5.41) is 2.64. The van der Waals surface area contributed by atoms with Crippen LogP contribution in [0.1, 0.15) is 54.1 Å². The molecule has 10 nitrogen and oxygen atoms in total. The number of rotatable bonds is 3. The molecule has 0 bridgehead atoms. The van der Waals surface area contributed by atoms with Gasteiger partial charge in [-0.1, -0.05) is 60.7 Å². The number of benzene rings is 2. The van der Waals surface area contributed by atoms with Crippen molar-refractivity contribution in [3.05, 3.63) is 71.8 Å². The van der Waals surface area contributed by atoms with Crippen LogP contribution in [0.4, 0.5) is 9.59 Å². The van der Waals surface area contributed by atoms with E-state index in [9.17, 15) is 19.2 Å². The molecule has 44 heavy (non-hydrogen) atoms. The molecule has 0 spiro atoms. The molecule has 2 fully saturated rings. The molecule has 1 N–H and O–H groups in total. The number of piperazine rings is 2. The molecule has 0 aliphatic carbocycles. The van der Waals surface area contributed by atoms with Gasteiger partial charge in [0.1, 0.15) is 24.3 Å². The number of hydrogen-bond donors (Lipinski definition) is 1. The van der Waals surface area contributed by atoms with E-state index in [1.807, 2.05) is 81.4 Å². The fourth-order valence-corrected chi connectivity index (χ4v) is 4.03. The van der Waals surface area contributed by atoms with Crippen molar-refractivity contribution in [3.8, 4) is 0 Å². The quantitative estimate of drug-likeness (QED) is 0.407. The van der Waals surface area contributed by atoms with Gasteiger partial charge in [-0.15, -0.1) is 11.6 Å². The molecule has 12 heteroatoms. The molecule has 2 saturated heterocycles. The monoisotopic (exact) mass is 640 g/mol. The minimum atomic E-state index is -0.540. The van der Waals surface area contributed by atoms with Crippen molar-refractivity contribution in [2.24, 2.45) is 0 Å². The second-order valence-electron chi connectivity index (χ2n) is 12.1. The smallest absolute Gasteiger partial charge is 1.00 e. The fourth-order valence-electron chi connectivity index (χ4n) is 3.85. The van der Waals surface area contributed by atoms with Crippen LogP contribution in [0.3, 0.4) is 0 Å². The first-order valence-electron chi connectivity index (χ1n) is 14.3. The molecule has 0 saturated carbocycles. The predicted molar refractivity (Wildman–Crippen MR) is 168 cm³/mol. The second kappa shape index (κ2) is 18.9. The molecular formula is C32H46ClN4NaO6. The molecule has 0 unspecified atom stereocenters. The first-order valence-corrected chi connectivity index (χ1v) is 14.8. The molecule has 238 valence electrons. The number of ether oxygens (including phenoxy) is 2. The third kappa shape index (κ3) is 15.8. The van der Waals surface area contributed by atoms with E-state index >= 15 is 0 Å². The number of nitrogens with zero attached hydrogens (tertiary/aromatic N) is 3. The van der Waals surface area contributed by atoms with Gasteiger partial charge in [0.2, 0.25) is 11.8 Å². The molecule has 4 amide bonds. The predicted octanol–water partition coefficient (Wildman–Crippen LogP) is 2.16. The Balaban J connectivity index is 0.000000697. The summed E-state index contributed by atoms with van der Waals surface area (Å²) in [5.74, 6) is 0.430. The maximum Gasteiger partial charge on any atom is 1.00 e. The summed E-state index contributed by atoms with van der Waals surface area (Å²) in [5.41, 5.74) is 1.22. The van der Waals surface area contributed by atoms with Gasteiger partial charge in [-0.05, 0) is 52.7 Å². The van der Waals surface area contributed by atoms with Gasteiger partial charge in [-0.25, -0.2) is 9.59 Å². The number of halogens is 1. The van der Waals surface area contributed by atoms with Crippen molar-refractivity contribution in [3.63, 3.8) is 0 Å². The Morgan fingerprint density at radius 1 is 0.773 bits per heavy atom. The van der Waals surface area contributed by atoms with Gasteiger partial charge in [-0.2, -0.15) is 0 Å². The van der Waals surface area contributed by atoms with Crippen LogP contribution in [0.2, 0.25) is 0 Å². The van der Waals surface area contributed by atoms with Crippen LogP contribution in [0, 0.1) is 0 Å². The zero-order chi connectivity index (χ0) is 32.0. The van der Waals surface area contributed by atoms with Crippen molar-refractivity contribution in [1.29, 1.82) is 0 Å². The normalized spacial score (nSPS) is 14.9. The van der Waals surface area contributed by atoms with Crippen molar-refractivity contribution >= 4 is 35.6 Å². The van der Waals surface area contributed by atoms with Gasteiger partial charge in [-0.3, -0.25) is 19.4 Å². The molecule has 0 atom stereocenters. The summed E-state index contributed by atoms with van der Waals surface area (Å²) in [4.78, 5) is 51.2. The van der Waals surface area contributed by atoms with Crippen LogP contribution in [-0.2, 0) is 31.5 Å². The molecule has 0 radical (unpaired) electrons. The number of alkyl halides is 1. The Kier molecular flexibility index (Phi) is 16.8. The van der Waals surface area contributed by atoms with E-state index < -0.39 is 23.4 Å². The Hall–Kier alpha value is -2.79. The minimum Gasteiger partial charge on any atom is -1.00 e. The summed E-state index contributed by atoms with van der Waals surface area (Å²) < 4.78 is 10.4. The molecular weight excluding hydrogens is 595 g/mol. The van der Waals surface area contributed by atoms with Gasteiger partial charge in [0.25, 0.3) is 0 Å². The molecule has 2 aliphatic rings. The summed E-state index contributed by atoms with van der Waals surface area (Å²) in [6.07, 6.45) is -0.845. The van der Waals surface area contributed by atoms with Crippen LogP contribution in [-0.4, -0.2) is 89.2 Å². The number of carbonyl (C=O) groups excluding carboxylic acids is 4. The van der Waals surface area contributed by atoms with E-state index in [1.54, 1.807) is 25.7 Å². The standard InChI is InChI=1S/C16H22N2O3.C9H16N2O3.C7H7Cl.Na.H/c1-16(2,3)21-15(20)18-10-9-17(14(19)12-18)11-13-7-5-4-6-8-13;1-9(2,3)14-8(13)11-5-4-10-7(12)6-11;8-6-7-4-2-1-3-5-7;;/h4-8H,9-12H2,1-3H3;4-6H2,1-3H3,(H,10,12);1-5H,6H2;;/q;;;+1;-1. The maximum absolute atomic E-state index is 12.2. The van der Waals surface area contributed by atoms with Crippen molar-refractivity contribution < 1.29 is 59.6 Å². The average Bonchev–Trinajstić information content (AvgIpc) is 2.94. The van der Waals surface area contributed by atoms with Crippen molar-refractivity contribution in [2.45, 2.75) is 65.2 Å². The summed E-state index contributed by atoms with van der Waals surface area (Å²) in [6, 6.07) is 19.8. The van der Waals surface area contributed by atoms with Crippen LogP contribution in [0.5, 0.6) is 0 Å². The van der Waals surface area contributed by atoms with Gasteiger partial charge >= 0.3 is 41.7 Å². The van der Waals surface area contributed by atoms with Gasteiger partial charge in [0.15, 0.2) is 0 Å². The number of carbonyl (C=O) groups is 4. The van der Waals surface area contributed by atoms with Crippen molar-refractivity contribution in [2.75, 3.05) is 39.3 Å². The van der Waals surface area contributed by atoms with E-state index in [0.717, 1.165) is 5.56 Å². The van der Waals surface area contributed by atoms with E-state index in [4.69, 9.17) is 21.1 Å². The van der Waals surface area contributed by atoms with Crippen LogP contribution >= 0.6 is 11.6 Å². The molecule has 0 aromatic heterocycles. The number of hydrogen-bond acceptors (Lipinski definition) is 6.